The fourth-order valence-electron chi connectivity index (χ4n) is 4.91. The fraction of sp³-hybridized carbons (Fsp3) is 0.480. The number of sulfonamides is 1. The van der Waals surface area contributed by atoms with E-state index in [-0.39, 0.29) is 41.4 Å². The van der Waals surface area contributed by atoms with E-state index in [0.717, 1.165) is 40.7 Å². The second kappa shape index (κ2) is 12.0. The molecule has 1 amide bonds. The van der Waals surface area contributed by atoms with Gasteiger partial charge in [-0.3, -0.25) is 4.79 Å². The molecular formula is C25H33N2NaO4S. The molecule has 0 aliphatic heterocycles. The summed E-state index contributed by atoms with van der Waals surface area (Å²) < 4.78 is 29.4. The molecule has 1 fully saturated rings. The molecule has 0 bridgehead atoms. The van der Waals surface area contributed by atoms with Crippen molar-refractivity contribution in [3.63, 3.8) is 0 Å². The van der Waals surface area contributed by atoms with Crippen LogP contribution in [0.15, 0.2) is 41.3 Å². The third-order valence-corrected chi connectivity index (χ3v) is 8.71. The SMILES string of the molecule is Cc1cc(C)c(S(=O)(=O)N(Cc2ccccc2C)CC2CCC(C(=O)N[O-])CC2)c(C)c1.[Na+]. The first kappa shape index (κ1) is 28.0. The number of hydrogen-bond donors (Lipinski definition) is 1. The maximum absolute atomic E-state index is 13.9. The molecule has 1 aliphatic carbocycles. The number of nitrogens with zero attached hydrogens (tertiary/aromatic N) is 1. The third kappa shape index (κ3) is 6.68. The average Bonchev–Trinajstić information content (AvgIpc) is 2.73. The number of amides is 1. The maximum atomic E-state index is 13.9. The smallest absolute Gasteiger partial charge is 0.759 e. The topological polar surface area (TPSA) is 89.5 Å². The molecular weight excluding hydrogens is 447 g/mol. The number of hydrogen-bond acceptors (Lipinski definition) is 4. The van der Waals surface area contributed by atoms with Gasteiger partial charge in [-0.1, -0.05) is 42.0 Å². The summed E-state index contributed by atoms with van der Waals surface area (Å²) in [6.45, 7) is 8.38. The molecule has 2 aromatic rings. The van der Waals surface area contributed by atoms with Crippen molar-refractivity contribution in [1.29, 1.82) is 0 Å². The van der Waals surface area contributed by atoms with Gasteiger partial charge in [-0.25, -0.2) is 8.42 Å². The first-order valence-corrected chi connectivity index (χ1v) is 12.6. The molecule has 0 spiro atoms. The molecule has 0 saturated heterocycles. The average molecular weight is 481 g/mol. The van der Waals surface area contributed by atoms with Gasteiger partial charge in [-0.05, 0) is 81.5 Å². The van der Waals surface area contributed by atoms with E-state index in [4.69, 9.17) is 0 Å². The summed E-state index contributed by atoms with van der Waals surface area (Å²) in [5.41, 5.74) is 6.09. The van der Waals surface area contributed by atoms with Crippen LogP contribution in [0.2, 0.25) is 0 Å². The minimum absolute atomic E-state index is 0. The summed E-state index contributed by atoms with van der Waals surface area (Å²) >= 11 is 0. The van der Waals surface area contributed by atoms with E-state index in [1.807, 2.05) is 64.1 Å². The van der Waals surface area contributed by atoms with Crippen LogP contribution in [0.1, 0.15) is 53.5 Å². The predicted octanol–water partition coefficient (Wildman–Crippen LogP) is 1.54. The van der Waals surface area contributed by atoms with Gasteiger partial charge in [0.25, 0.3) is 0 Å². The van der Waals surface area contributed by atoms with Gasteiger partial charge in [0.15, 0.2) is 0 Å². The summed E-state index contributed by atoms with van der Waals surface area (Å²) in [5, 5.41) is 10.7. The van der Waals surface area contributed by atoms with Crippen LogP contribution in [-0.4, -0.2) is 25.2 Å². The Morgan fingerprint density at radius 3 is 2.12 bits per heavy atom. The second-order valence-corrected chi connectivity index (χ2v) is 11.0. The Morgan fingerprint density at radius 2 is 1.58 bits per heavy atom. The van der Waals surface area contributed by atoms with Gasteiger partial charge in [0, 0.05) is 19.0 Å². The van der Waals surface area contributed by atoms with Gasteiger partial charge in [0.2, 0.25) is 15.9 Å². The largest absolute Gasteiger partial charge is 1.00 e. The number of aryl methyl sites for hydroxylation is 4. The third-order valence-electron chi connectivity index (χ3n) is 6.59. The van der Waals surface area contributed by atoms with E-state index in [0.29, 0.717) is 30.8 Å². The van der Waals surface area contributed by atoms with Crippen molar-refractivity contribution in [3.8, 4) is 0 Å². The van der Waals surface area contributed by atoms with Crippen LogP contribution in [0.25, 0.3) is 0 Å². The molecule has 174 valence electrons. The van der Waals surface area contributed by atoms with Crippen molar-refractivity contribution in [2.24, 2.45) is 11.8 Å². The number of carbonyl (C=O) groups excluding carboxylic acids is 1. The van der Waals surface area contributed by atoms with Crippen molar-refractivity contribution in [2.75, 3.05) is 6.54 Å². The second-order valence-electron chi connectivity index (χ2n) is 9.14. The summed E-state index contributed by atoms with van der Waals surface area (Å²) in [5.74, 6) is -0.582. The minimum Gasteiger partial charge on any atom is -0.759 e. The van der Waals surface area contributed by atoms with Crippen LogP contribution in [0.5, 0.6) is 0 Å². The molecule has 0 unspecified atom stereocenters. The van der Waals surface area contributed by atoms with Crippen LogP contribution in [0, 0.1) is 44.7 Å². The molecule has 8 heteroatoms. The first-order valence-electron chi connectivity index (χ1n) is 11.2. The molecule has 6 nitrogen and oxygen atoms in total. The van der Waals surface area contributed by atoms with Crippen molar-refractivity contribution < 1.29 is 42.8 Å². The van der Waals surface area contributed by atoms with Crippen molar-refractivity contribution in [3.05, 3.63) is 69.4 Å². The zero-order valence-corrected chi connectivity index (χ0v) is 23.2. The van der Waals surface area contributed by atoms with E-state index >= 15 is 0 Å². The van der Waals surface area contributed by atoms with Gasteiger partial charge < -0.3 is 10.7 Å². The number of rotatable bonds is 7. The van der Waals surface area contributed by atoms with Crippen LogP contribution in [0.3, 0.4) is 0 Å². The molecule has 33 heavy (non-hydrogen) atoms. The van der Waals surface area contributed by atoms with E-state index in [1.165, 1.54) is 5.48 Å². The first-order chi connectivity index (χ1) is 15.1. The van der Waals surface area contributed by atoms with Gasteiger partial charge in [-0.15, -0.1) is 0 Å². The van der Waals surface area contributed by atoms with Crippen LogP contribution < -0.4 is 35.0 Å². The number of nitrogens with one attached hydrogen (secondary N) is 1. The Labute approximate surface area is 220 Å². The fourth-order valence-corrected chi connectivity index (χ4v) is 6.81. The van der Waals surface area contributed by atoms with Crippen molar-refractivity contribution in [1.82, 2.24) is 9.79 Å². The van der Waals surface area contributed by atoms with E-state index in [1.54, 1.807) is 4.31 Å². The van der Waals surface area contributed by atoms with E-state index < -0.39 is 15.9 Å². The summed E-state index contributed by atoms with van der Waals surface area (Å²) in [4.78, 5) is 12.1. The number of hydroxylamine groups is 1. The Bertz CT molecular complexity index is 1060. The Balaban J connectivity index is 0.00000385. The number of carbonyl (C=O) groups is 1. The zero-order chi connectivity index (χ0) is 23.5. The van der Waals surface area contributed by atoms with E-state index in [2.05, 4.69) is 0 Å². The molecule has 1 N–H and O–H groups in total. The van der Waals surface area contributed by atoms with Crippen LogP contribution in [0.4, 0.5) is 0 Å². The zero-order valence-electron chi connectivity index (χ0n) is 20.3. The molecule has 0 radical (unpaired) electrons. The Morgan fingerprint density at radius 1 is 1.00 bits per heavy atom. The molecule has 0 atom stereocenters. The molecule has 0 aromatic heterocycles. The van der Waals surface area contributed by atoms with Gasteiger partial charge in [0.05, 0.1) is 4.90 Å². The maximum Gasteiger partial charge on any atom is 1.00 e. The summed E-state index contributed by atoms with van der Waals surface area (Å²) in [6, 6.07) is 11.7. The normalized spacial score (nSPS) is 18.6. The molecule has 1 saturated carbocycles. The number of benzene rings is 2. The molecule has 2 aromatic carbocycles. The monoisotopic (exact) mass is 480 g/mol. The standard InChI is InChI=1S/C25H33N2O4S.Na/c1-17-13-19(3)24(20(4)14-17)32(30,31)27(16-23-8-6-5-7-18(23)2)15-21-9-11-22(12-10-21)25(28)26-29;/h5-8,13-14,21-22H,9-12,15-16H2,1-4H3,(H-,26,28,29);/q-1;+1. The minimum atomic E-state index is -3.72. The van der Waals surface area contributed by atoms with Crippen molar-refractivity contribution in [2.45, 2.75) is 64.8 Å². The molecule has 3 rings (SSSR count). The van der Waals surface area contributed by atoms with Gasteiger partial charge in [0.1, 0.15) is 0 Å². The van der Waals surface area contributed by atoms with Gasteiger partial charge >= 0.3 is 29.6 Å². The van der Waals surface area contributed by atoms with E-state index in [9.17, 15) is 18.4 Å². The van der Waals surface area contributed by atoms with Crippen molar-refractivity contribution >= 4 is 15.9 Å². The molecule has 1 aliphatic rings. The summed E-state index contributed by atoms with van der Waals surface area (Å²) in [6.07, 6.45) is 2.67. The Kier molecular flexibility index (Phi) is 10.2. The van der Waals surface area contributed by atoms with Gasteiger partial charge in [-0.2, -0.15) is 4.31 Å². The predicted molar refractivity (Wildman–Crippen MR) is 126 cm³/mol. The Hall–Kier alpha value is -1.22. The summed E-state index contributed by atoms with van der Waals surface area (Å²) in [7, 11) is -3.72. The van der Waals surface area contributed by atoms with Crippen LogP contribution in [-0.2, 0) is 21.4 Å². The quantitative estimate of drug-likeness (QED) is 0.481. The molecule has 0 heterocycles. The van der Waals surface area contributed by atoms with Crippen LogP contribution >= 0.6 is 0 Å².